The van der Waals surface area contributed by atoms with Crippen molar-refractivity contribution in [3.05, 3.63) is 68.5 Å². The van der Waals surface area contributed by atoms with Crippen molar-refractivity contribution in [1.29, 1.82) is 0 Å². The minimum atomic E-state index is -0.508. The lowest BCUT2D eigenvalue weighted by atomic mass is 10.1. The minimum Gasteiger partial charge on any atom is -0.508 e. The molecule has 1 heterocycles. The molecule has 3 aromatic rings. The van der Waals surface area contributed by atoms with E-state index >= 15 is 0 Å². The summed E-state index contributed by atoms with van der Waals surface area (Å²) >= 11 is 11.8. The first-order valence-corrected chi connectivity index (χ1v) is 7.12. The van der Waals surface area contributed by atoms with E-state index in [0.717, 1.165) is 0 Å². The average Bonchev–Trinajstić information content (AvgIpc) is 2.47. The van der Waals surface area contributed by atoms with Gasteiger partial charge in [0, 0.05) is 29.1 Å². The van der Waals surface area contributed by atoms with Crippen LogP contribution in [0.5, 0.6) is 11.5 Å². The van der Waals surface area contributed by atoms with Gasteiger partial charge in [-0.3, -0.25) is 0 Å². The quantitative estimate of drug-likeness (QED) is 0.721. The molecule has 0 aliphatic rings. The average molecular weight is 337 g/mol. The molecule has 112 valence electrons. The van der Waals surface area contributed by atoms with E-state index in [1.54, 1.807) is 24.3 Å². The maximum absolute atomic E-state index is 11.6. The van der Waals surface area contributed by atoms with Crippen LogP contribution in [-0.2, 0) is 6.61 Å². The molecule has 0 amide bonds. The molecule has 1 N–H and O–H groups in total. The van der Waals surface area contributed by atoms with Crippen LogP contribution in [0.2, 0.25) is 10.0 Å². The van der Waals surface area contributed by atoms with Crippen LogP contribution in [0.4, 0.5) is 0 Å². The Bertz CT molecular complexity index is 902. The molecule has 22 heavy (non-hydrogen) atoms. The van der Waals surface area contributed by atoms with Crippen LogP contribution >= 0.6 is 23.2 Å². The highest BCUT2D eigenvalue weighted by Crippen LogP contribution is 2.27. The van der Waals surface area contributed by atoms with E-state index in [9.17, 15) is 9.90 Å². The molecule has 1 aromatic heterocycles. The summed E-state index contributed by atoms with van der Waals surface area (Å²) in [5.74, 6) is 0.563. The molecule has 0 saturated carbocycles. The van der Waals surface area contributed by atoms with Gasteiger partial charge in [0.2, 0.25) is 0 Å². The monoisotopic (exact) mass is 336 g/mol. The molecule has 0 unspecified atom stereocenters. The molecule has 0 spiro atoms. The van der Waals surface area contributed by atoms with Crippen molar-refractivity contribution in [2.24, 2.45) is 0 Å². The molecule has 0 radical (unpaired) electrons. The number of ether oxygens (including phenoxy) is 1. The van der Waals surface area contributed by atoms with Crippen LogP contribution in [0.15, 0.2) is 51.7 Å². The van der Waals surface area contributed by atoms with Crippen molar-refractivity contribution in [3.63, 3.8) is 0 Å². The third kappa shape index (κ3) is 3.03. The first-order chi connectivity index (χ1) is 10.5. The van der Waals surface area contributed by atoms with Crippen molar-refractivity contribution < 1.29 is 14.3 Å². The Balaban J connectivity index is 1.93. The van der Waals surface area contributed by atoms with Crippen molar-refractivity contribution in [1.82, 2.24) is 0 Å². The van der Waals surface area contributed by atoms with Gasteiger partial charge in [0.05, 0.1) is 10.0 Å². The summed E-state index contributed by atoms with van der Waals surface area (Å²) in [5.41, 5.74) is 0.448. The third-order valence-electron chi connectivity index (χ3n) is 3.10. The topological polar surface area (TPSA) is 59.7 Å². The van der Waals surface area contributed by atoms with E-state index < -0.39 is 5.63 Å². The molecule has 0 aliphatic heterocycles. The fourth-order valence-electron chi connectivity index (χ4n) is 2.07. The zero-order valence-corrected chi connectivity index (χ0v) is 12.7. The summed E-state index contributed by atoms with van der Waals surface area (Å²) in [4.78, 5) is 11.6. The Morgan fingerprint density at radius 1 is 1.05 bits per heavy atom. The number of benzene rings is 2. The van der Waals surface area contributed by atoms with Crippen LogP contribution in [0.1, 0.15) is 5.56 Å². The molecule has 0 atom stereocenters. The van der Waals surface area contributed by atoms with E-state index in [4.69, 9.17) is 32.4 Å². The van der Waals surface area contributed by atoms with Crippen molar-refractivity contribution >= 4 is 34.2 Å². The fraction of sp³-hybridized carbons (Fsp3) is 0.0625. The fourth-order valence-corrected chi connectivity index (χ4v) is 2.35. The molecule has 3 rings (SSSR count). The molecule has 4 nitrogen and oxygen atoms in total. The summed E-state index contributed by atoms with van der Waals surface area (Å²) in [7, 11) is 0. The van der Waals surface area contributed by atoms with Gasteiger partial charge < -0.3 is 14.3 Å². The zero-order valence-electron chi connectivity index (χ0n) is 11.2. The number of phenols is 1. The van der Waals surface area contributed by atoms with Gasteiger partial charge in [-0.1, -0.05) is 23.2 Å². The second kappa shape index (κ2) is 5.91. The van der Waals surface area contributed by atoms with Crippen molar-refractivity contribution in [3.8, 4) is 11.5 Å². The van der Waals surface area contributed by atoms with E-state index in [-0.39, 0.29) is 12.4 Å². The summed E-state index contributed by atoms with van der Waals surface area (Å²) < 4.78 is 10.7. The highest BCUT2D eigenvalue weighted by molar-refractivity contribution is 6.42. The van der Waals surface area contributed by atoms with Crippen molar-refractivity contribution in [2.45, 2.75) is 6.61 Å². The van der Waals surface area contributed by atoms with Crippen LogP contribution in [0, 0.1) is 0 Å². The largest absolute Gasteiger partial charge is 0.508 e. The summed E-state index contributed by atoms with van der Waals surface area (Å²) in [6.45, 7) is 0.158. The first-order valence-electron chi connectivity index (χ1n) is 6.36. The second-order valence-electron chi connectivity index (χ2n) is 4.64. The maximum Gasteiger partial charge on any atom is 0.336 e. The number of hydrogen-bond acceptors (Lipinski definition) is 4. The highest BCUT2D eigenvalue weighted by Gasteiger charge is 2.08. The summed E-state index contributed by atoms with van der Waals surface area (Å²) in [6, 6.07) is 10.9. The maximum atomic E-state index is 11.6. The molecule has 6 heteroatoms. The van der Waals surface area contributed by atoms with Gasteiger partial charge in [-0.25, -0.2) is 4.79 Å². The molecular weight excluding hydrogens is 327 g/mol. The number of fused-ring (bicyclic) bond motifs is 1. The van der Waals surface area contributed by atoms with Crippen LogP contribution in [0.3, 0.4) is 0 Å². The number of hydrogen-bond donors (Lipinski definition) is 1. The van der Waals surface area contributed by atoms with E-state index in [1.807, 2.05) is 0 Å². The predicted octanol–water partition coefficient (Wildman–Crippen LogP) is 4.38. The molecule has 0 saturated heterocycles. The Morgan fingerprint density at radius 3 is 2.64 bits per heavy atom. The smallest absolute Gasteiger partial charge is 0.336 e. The van der Waals surface area contributed by atoms with Crippen LogP contribution in [-0.4, -0.2) is 5.11 Å². The number of phenolic OH excluding ortho intramolecular Hbond substituents is 1. The Morgan fingerprint density at radius 2 is 1.86 bits per heavy atom. The predicted molar refractivity (Wildman–Crippen MR) is 84.9 cm³/mol. The van der Waals surface area contributed by atoms with Crippen LogP contribution < -0.4 is 10.4 Å². The molecule has 2 aromatic carbocycles. The third-order valence-corrected chi connectivity index (χ3v) is 3.84. The SMILES string of the molecule is O=c1cc(COc2ccc(Cl)c(Cl)c2)c2ccc(O)cc2o1. The standard InChI is InChI=1S/C16H10Cl2O4/c17-13-4-2-11(7-14(13)18)21-8-9-5-16(20)22-15-6-10(19)1-3-12(9)15/h1-7,19H,8H2. The number of halogens is 2. The zero-order chi connectivity index (χ0) is 15.7. The van der Waals surface area contributed by atoms with Gasteiger partial charge in [0.15, 0.2) is 0 Å². The molecule has 0 fully saturated rings. The minimum absolute atomic E-state index is 0.0261. The van der Waals surface area contributed by atoms with E-state index in [2.05, 4.69) is 0 Å². The lowest BCUT2D eigenvalue weighted by molar-refractivity contribution is 0.306. The summed E-state index contributed by atoms with van der Waals surface area (Å²) in [6.07, 6.45) is 0. The number of rotatable bonds is 3. The molecule has 0 aliphatic carbocycles. The Kier molecular flexibility index (Phi) is 3.96. The normalized spacial score (nSPS) is 10.8. The van der Waals surface area contributed by atoms with Gasteiger partial charge in [0.1, 0.15) is 23.7 Å². The van der Waals surface area contributed by atoms with Gasteiger partial charge in [-0.2, -0.15) is 0 Å². The molecule has 0 bridgehead atoms. The van der Waals surface area contributed by atoms with E-state index in [1.165, 1.54) is 18.2 Å². The Labute approximate surface area is 135 Å². The summed E-state index contributed by atoms with van der Waals surface area (Å²) in [5, 5.41) is 11.0. The van der Waals surface area contributed by atoms with Gasteiger partial charge in [0.25, 0.3) is 0 Å². The van der Waals surface area contributed by atoms with Gasteiger partial charge in [-0.05, 0) is 24.3 Å². The second-order valence-corrected chi connectivity index (χ2v) is 5.45. The van der Waals surface area contributed by atoms with Gasteiger partial charge in [-0.15, -0.1) is 0 Å². The highest BCUT2D eigenvalue weighted by atomic mass is 35.5. The lowest BCUT2D eigenvalue weighted by Gasteiger charge is -2.09. The first kappa shape index (κ1) is 14.8. The Hall–Kier alpha value is -2.17. The lowest BCUT2D eigenvalue weighted by Crippen LogP contribution is -2.04. The van der Waals surface area contributed by atoms with E-state index in [0.29, 0.717) is 32.3 Å². The van der Waals surface area contributed by atoms with Crippen LogP contribution in [0.25, 0.3) is 11.0 Å². The number of aromatic hydroxyl groups is 1. The van der Waals surface area contributed by atoms with Crippen molar-refractivity contribution in [2.75, 3.05) is 0 Å². The molecular formula is C16H10Cl2O4. The van der Waals surface area contributed by atoms with Gasteiger partial charge >= 0.3 is 5.63 Å².